The molecule has 1 atom stereocenters. The molecule has 2 aromatic rings. The fraction of sp³-hybridized carbons (Fsp3) is 0.143. The zero-order chi connectivity index (χ0) is 15.4. The number of nitrogens with zero attached hydrogens (tertiary/aromatic N) is 2. The normalized spacial score (nSPS) is 11.7. The minimum absolute atomic E-state index is 0.0202. The van der Waals surface area contributed by atoms with Crippen LogP contribution < -0.4 is 5.32 Å². The highest BCUT2D eigenvalue weighted by atomic mass is 16.6. The summed E-state index contributed by atoms with van der Waals surface area (Å²) in [5.74, 6) is -1.23. The van der Waals surface area contributed by atoms with E-state index in [1.54, 1.807) is 31.3 Å². The van der Waals surface area contributed by atoms with Crippen molar-refractivity contribution in [1.29, 1.82) is 0 Å². The Morgan fingerprint density at radius 2 is 2.10 bits per heavy atom. The summed E-state index contributed by atoms with van der Waals surface area (Å²) in [4.78, 5) is 25.8. The van der Waals surface area contributed by atoms with Gasteiger partial charge in [-0.05, 0) is 25.1 Å². The van der Waals surface area contributed by atoms with Gasteiger partial charge in [-0.25, -0.2) is 4.79 Å². The Hall–Kier alpha value is -2.96. The van der Waals surface area contributed by atoms with Gasteiger partial charge >= 0.3 is 5.97 Å². The monoisotopic (exact) mass is 287 g/mol. The molecule has 0 aliphatic carbocycles. The van der Waals surface area contributed by atoms with E-state index in [2.05, 4.69) is 10.3 Å². The molecule has 108 valence electrons. The van der Waals surface area contributed by atoms with E-state index in [0.29, 0.717) is 5.69 Å². The lowest BCUT2D eigenvalue weighted by Crippen LogP contribution is -2.13. The first-order chi connectivity index (χ1) is 10.0. The Labute approximate surface area is 120 Å². The van der Waals surface area contributed by atoms with Crippen molar-refractivity contribution in [2.45, 2.75) is 13.0 Å². The molecule has 7 nitrogen and oxygen atoms in total. The summed E-state index contributed by atoms with van der Waals surface area (Å²) in [6.45, 7) is 1.75. The van der Waals surface area contributed by atoms with Gasteiger partial charge in [-0.2, -0.15) is 0 Å². The van der Waals surface area contributed by atoms with Crippen LogP contribution in [0.2, 0.25) is 0 Å². The minimum atomic E-state index is -1.23. The predicted molar refractivity (Wildman–Crippen MR) is 76.3 cm³/mol. The number of rotatable bonds is 5. The maximum atomic E-state index is 11.2. The van der Waals surface area contributed by atoms with Crippen LogP contribution in [-0.2, 0) is 0 Å². The number of carboxylic acid groups (broad SMARTS) is 1. The molecule has 0 aliphatic heterocycles. The van der Waals surface area contributed by atoms with Crippen LogP contribution in [0.15, 0.2) is 42.6 Å². The maximum Gasteiger partial charge on any atom is 0.338 e. The van der Waals surface area contributed by atoms with Crippen LogP contribution in [0.3, 0.4) is 0 Å². The van der Waals surface area contributed by atoms with Crippen LogP contribution in [0, 0.1) is 10.1 Å². The number of nitrogens with one attached hydrogen (secondary N) is 1. The van der Waals surface area contributed by atoms with E-state index >= 15 is 0 Å². The fourth-order valence-electron chi connectivity index (χ4n) is 1.94. The third kappa shape index (κ3) is 3.14. The van der Waals surface area contributed by atoms with Gasteiger partial charge in [-0.1, -0.05) is 12.1 Å². The molecule has 1 heterocycles. The van der Waals surface area contributed by atoms with Crippen molar-refractivity contribution in [3.8, 4) is 0 Å². The van der Waals surface area contributed by atoms with Gasteiger partial charge < -0.3 is 10.4 Å². The predicted octanol–water partition coefficient (Wildman–Crippen LogP) is 2.86. The molecule has 0 saturated carbocycles. The molecule has 1 aromatic heterocycles. The van der Waals surface area contributed by atoms with E-state index in [1.165, 1.54) is 18.2 Å². The first-order valence-corrected chi connectivity index (χ1v) is 6.19. The third-order valence-electron chi connectivity index (χ3n) is 2.96. The molecular weight excluding hydrogens is 274 g/mol. The topological polar surface area (TPSA) is 105 Å². The molecule has 0 radical (unpaired) electrons. The number of nitro benzene ring substituents is 1. The van der Waals surface area contributed by atoms with Gasteiger partial charge in [-0.3, -0.25) is 15.1 Å². The Bertz CT molecular complexity index is 641. The number of anilines is 1. The number of aromatic nitrogens is 1. The molecule has 0 bridgehead atoms. The van der Waals surface area contributed by atoms with E-state index in [9.17, 15) is 20.0 Å². The third-order valence-corrected chi connectivity index (χ3v) is 2.96. The van der Waals surface area contributed by atoms with Gasteiger partial charge in [0.05, 0.1) is 22.2 Å². The zero-order valence-corrected chi connectivity index (χ0v) is 11.2. The van der Waals surface area contributed by atoms with Crippen LogP contribution in [0.4, 0.5) is 11.4 Å². The lowest BCUT2D eigenvalue weighted by atomic mass is 10.1. The van der Waals surface area contributed by atoms with Crippen LogP contribution in [0.1, 0.15) is 29.0 Å². The maximum absolute atomic E-state index is 11.2. The van der Waals surface area contributed by atoms with Gasteiger partial charge in [0.25, 0.3) is 5.69 Å². The van der Waals surface area contributed by atoms with Crippen LogP contribution in [0.25, 0.3) is 0 Å². The van der Waals surface area contributed by atoms with Crippen molar-refractivity contribution in [2.75, 3.05) is 5.32 Å². The lowest BCUT2D eigenvalue weighted by Gasteiger charge is -2.16. The largest absolute Gasteiger partial charge is 0.478 e. The first-order valence-electron chi connectivity index (χ1n) is 6.19. The molecule has 0 spiro atoms. The van der Waals surface area contributed by atoms with Gasteiger partial charge in [0.15, 0.2) is 0 Å². The summed E-state index contributed by atoms with van der Waals surface area (Å²) in [7, 11) is 0. The Balaban J connectivity index is 2.42. The standard InChI is InChI=1S/C14H13N3O4/c1-9(11-6-2-3-8-15-11)16-13-10(14(18)19)5-4-7-12(13)17(20)21/h2-9,16H,1H3,(H,18,19). The molecule has 0 aliphatic rings. The second kappa shape index (κ2) is 6.00. The number of aromatic carboxylic acids is 1. The van der Waals surface area contributed by atoms with Crippen LogP contribution in [-0.4, -0.2) is 21.0 Å². The number of hydrogen-bond acceptors (Lipinski definition) is 5. The number of carbonyl (C=O) groups is 1. The summed E-state index contributed by atoms with van der Waals surface area (Å²) in [5, 5.41) is 23.1. The number of pyridine rings is 1. The lowest BCUT2D eigenvalue weighted by molar-refractivity contribution is -0.384. The summed E-state index contributed by atoms with van der Waals surface area (Å²) >= 11 is 0. The van der Waals surface area contributed by atoms with E-state index in [0.717, 1.165) is 0 Å². The number of hydrogen-bond donors (Lipinski definition) is 2. The van der Waals surface area contributed by atoms with E-state index in [4.69, 9.17) is 0 Å². The minimum Gasteiger partial charge on any atom is -0.478 e. The highest BCUT2D eigenvalue weighted by Gasteiger charge is 2.23. The van der Waals surface area contributed by atoms with Crippen LogP contribution in [0.5, 0.6) is 0 Å². The molecule has 1 aromatic carbocycles. The molecular formula is C14H13N3O4. The molecule has 0 fully saturated rings. The van der Waals surface area contributed by atoms with E-state index in [-0.39, 0.29) is 23.0 Å². The number of benzene rings is 1. The van der Waals surface area contributed by atoms with E-state index < -0.39 is 10.9 Å². The molecule has 0 saturated heterocycles. The number of nitro groups is 1. The fourth-order valence-corrected chi connectivity index (χ4v) is 1.94. The Morgan fingerprint density at radius 3 is 2.67 bits per heavy atom. The highest BCUT2D eigenvalue weighted by Crippen LogP contribution is 2.31. The van der Waals surface area contributed by atoms with Crippen molar-refractivity contribution in [3.05, 3.63) is 64.0 Å². The zero-order valence-electron chi connectivity index (χ0n) is 11.2. The number of para-hydroxylation sites is 1. The van der Waals surface area contributed by atoms with Crippen molar-refractivity contribution in [3.63, 3.8) is 0 Å². The first kappa shape index (κ1) is 14.4. The summed E-state index contributed by atoms with van der Waals surface area (Å²) in [6.07, 6.45) is 1.60. The van der Waals surface area contributed by atoms with Crippen LogP contribution >= 0.6 is 0 Å². The Morgan fingerprint density at radius 1 is 1.33 bits per heavy atom. The summed E-state index contributed by atoms with van der Waals surface area (Å²) < 4.78 is 0. The second-order valence-corrected chi connectivity index (χ2v) is 4.38. The second-order valence-electron chi connectivity index (χ2n) is 4.38. The van der Waals surface area contributed by atoms with Gasteiger partial charge in [0, 0.05) is 12.3 Å². The molecule has 2 N–H and O–H groups in total. The average Bonchev–Trinajstić information content (AvgIpc) is 2.47. The molecule has 21 heavy (non-hydrogen) atoms. The molecule has 0 amide bonds. The van der Waals surface area contributed by atoms with Gasteiger partial charge in [-0.15, -0.1) is 0 Å². The molecule has 1 unspecified atom stereocenters. The molecule has 7 heteroatoms. The smallest absolute Gasteiger partial charge is 0.338 e. The van der Waals surface area contributed by atoms with Crippen molar-refractivity contribution >= 4 is 17.3 Å². The van der Waals surface area contributed by atoms with Crippen molar-refractivity contribution in [2.24, 2.45) is 0 Å². The van der Waals surface area contributed by atoms with Gasteiger partial charge in [0.2, 0.25) is 0 Å². The highest BCUT2D eigenvalue weighted by molar-refractivity contribution is 5.96. The summed E-state index contributed by atoms with van der Waals surface area (Å²) in [5.41, 5.74) is 0.213. The summed E-state index contributed by atoms with van der Waals surface area (Å²) in [6, 6.07) is 8.86. The quantitative estimate of drug-likeness (QED) is 0.647. The molecule has 2 rings (SSSR count). The van der Waals surface area contributed by atoms with Crippen molar-refractivity contribution < 1.29 is 14.8 Å². The number of carboxylic acids is 1. The van der Waals surface area contributed by atoms with E-state index in [1.807, 2.05) is 0 Å². The SMILES string of the molecule is CC(Nc1c(C(=O)O)cccc1[N+](=O)[O-])c1ccccn1. The Kier molecular flexibility index (Phi) is 4.13. The van der Waals surface area contributed by atoms with Gasteiger partial charge in [0.1, 0.15) is 5.69 Å². The van der Waals surface area contributed by atoms with Crippen molar-refractivity contribution in [1.82, 2.24) is 4.98 Å². The average molecular weight is 287 g/mol.